The Bertz CT molecular complexity index is 207. The third-order valence-corrected chi connectivity index (χ3v) is 2.09. The smallest absolute Gasteiger partial charge is 0.315 e. The van der Waals surface area contributed by atoms with E-state index >= 15 is 0 Å². The Morgan fingerprint density at radius 1 is 1.33 bits per heavy atom. The number of nitrogens with one attached hydrogen (secondary N) is 2. The number of aliphatic carboxylic acids is 1. The van der Waals surface area contributed by atoms with Crippen molar-refractivity contribution in [2.75, 3.05) is 6.54 Å². The summed E-state index contributed by atoms with van der Waals surface area (Å²) >= 11 is 0. The third kappa shape index (κ3) is 7.78. The van der Waals surface area contributed by atoms with Gasteiger partial charge in [0.1, 0.15) is 0 Å². The molecular formula is C10H20N2O3. The van der Waals surface area contributed by atoms with Crippen LogP contribution in [0.15, 0.2) is 0 Å². The Kier molecular flexibility index (Phi) is 7.40. The number of hydrogen-bond donors (Lipinski definition) is 3. The lowest BCUT2D eigenvalue weighted by Gasteiger charge is -2.16. The van der Waals surface area contributed by atoms with Crippen LogP contribution < -0.4 is 10.6 Å². The van der Waals surface area contributed by atoms with Crippen molar-refractivity contribution in [1.29, 1.82) is 0 Å². The van der Waals surface area contributed by atoms with Crippen LogP contribution in [-0.2, 0) is 4.79 Å². The average Bonchev–Trinajstić information content (AvgIpc) is 2.16. The van der Waals surface area contributed by atoms with Gasteiger partial charge in [-0.2, -0.15) is 0 Å². The molecule has 0 aliphatic rings. The lowest BCUT2D eigenvalue weighted by atomic mass is 10.1. The Morgan fingerprint density at radius 2 is 2.00 bits per heavy atom. The minimum Gasteiger partial charge on any atom is -0.481 e. The van der Waals surface area contributed by atoms with E-state index < -0.39 is 5.97 Å². The first-order chi connectivity index (χ1) is 7.10. The van der Waals surface area contributed by atoms with E-state index in [9.17, 15) is 9.59 Å². The molecule has 15 heavy (non-hydrogen) atoms. The van der Waals surface area contributed by atoms with Crippen molar-refractivity contribution in [3.8, 4) is 0 Å². The Labute approximate surface area is 90.2 Å². The van der Waals surface area contributed by atoms with E-state index in [1.807, 2.05) is 6.92 Å². The molecule has 0 aromatic carbocycles. The summed E-state index contributed by atoms with van der Waals surface area (Å²) in [7, 11) is 0. The van der Waals surface area contributed by atoms with Crippen molar-refractivity contribution >= 4 is 12.0 Å². The predicted molar refractivity (Wildman–Crippen MR) is 57.8 cm³/mol. The summed E-state index contributed by atoms with van der Waals surface area (Å²) in [5.41, 5.74) is 0. The van der Waals surface area contributed by atoms with E-state index in [4.69, 9.17) is 5.11 Å². The van der Waals surface area contributed by atoms with Gasteiger partial charge in [-0.05, 0) is 12.8 Å². The van der Waals surface area contributed by atoms with E-state index in [2.05, 4.69) is 17.6 Å². The molecule has 5 heteroatoms. The van der Waals surface area contributed by atoms with Gasteiger partial charge in [0.2, 0.25) is 0 Å². The maximum absolute atomic E-state index is 11.3. The minimum atomic E-state index is -0.907. The summed E-state index contributed by atoms with van der Waals surface area (Å²) in [4.78, 5) is 21.4. The van der Waals surface area contributed by atoms with Crippen LogP contribution in [0.5, 0.6) is 0 Å². The number of hydrogen-bond acceptors (Lipinski definition) is 2. The van der Waals surface area contributed by atoms with Crippen LogP contribution in [0.2, 0.25) is 0 Å². The van der Waals surface area contributed by atoms with Crippen molar-refractivity contribution in [3.63, 3.8) is 0 Å². The number of urea groups is 1. The summed E-state index contributed by atoms with van der Waals surface area (Å²) in [6.07, 6.45) is 2.81. The maximum atomic E-state index is 11.3. The molecule has 0 heterocycles. The zero-order valence-corrected chi connectivity index (χ0v) is 9.38. The van der Waals surface area contributed by atoms with Crippen molar-refractivity contribution < 1.29 is 14.7 Å². The highest BCUT2D eigenvalue weighted by atomic mass is 16.4. The van der Waals surface area contributed by atoms with Gasteiger partial charge in [0.05, 0.1) is 6.42 Å². The van der Waals surface area contributed by atoms with Crippen LogP contribution in [0.4, 0.5) is 4.79 Å². The van der Waals surface area contributed by atoms with Crippen LogP contribution in [0.25, 0.3) is 0 Å². The average molecular weight is 216 g/mol. The fourth-order valence-electron chi connectivity index (χ4n) is 1.25. The number of carbonyl (C=O) groups excluding carboxylic acids is 1. The topological polar surface area (TPSA) is 78.4 Å². The summed E-state index contributed by atoms with van der Waals surface area (Å²) < 4.78 is 0. The lowest BCUT2D eigenvalue weighted by Crippen LogP contribution is -2.42. The van der Waals surface area contributed by atoms with Crippen LogP contribution in [0.1, 0.15) is 39.5 Å². The predicted octanol–water partition coefficient (Wildman–Crippen LogP) is 1.34. The summed E-state index contributed by atoms with van der Waals surface area (Å²) in [5, 5.41) is 13.7. The first-order valence-electron chi connectivity index (χ1n) is 5.36. The highest BCUT2D eigenvalue weighted by molar-refractivity contribution is 5.75. The van der Waals surface area contributed by atoms with Gasteiger partial charge >= 0.3 is 12.0 Å². The molecule has 0 saturated heterocycles. The molecule has 0 radical (unpaired) electrons. The fraction of sp³-hybridized carbons (Fsp3) is 0.800. The second-order valence-corrected chi connectivity index (χ2v) is 3.44. The van der Waals surface area contributed by atoms with Gasteiger partial charge in [0, 0.05) is 12.6 Å². The van der Waals surface area contributed by atoms with E-state index in [1.165, 1.54) is 0 Å². The molecule has 0 bridgehead atoms. The molecule has 0 aromatic heterocycles. The maximum Gasteiger partial charge on any atom is 0.315 e. The van der Waals surface area contributed by atoms with Crippen molar-refractivity contribution in [2.45, 2.75) is 45.6 Å². The number of amides is 2. The number of carboxylic acids is 1. The van der Waals surface area contributed by atoms with Crippen molar-refractivity contribution in [2.24, 2.45) is 0 Å². The number of carboxylic acid groups (broad SMARTS) is 1. The van der Waals surface area contributed by atoms with E-state index in [1.54, 1.807) is 0 Å². The largest absolute Gasteiger partial charge is 0.481 e. The Balaban J connectivity index is 3.66. The molecule has 88 valence electrons. The standard InChI is InChI=1S/C10H20N2O3/c1-3-5-8(4-2)12-10(15)11-7-6-9(13)14/h8H,3-7H2,1-2H3,(H,13,14)(H2,11,12,15). The van der Waals surface area contributed by atoms with Gasteiger partial charge in [-0.3, -0.25) is 4.79 Å². The monoisotopic (exact) mass is 216 g/mol. The Morgan fingerprint density at radius 3 is 2.47 bits per heavy atom. The molecule has 5 nitrogen and oxygen atoms in total. The summed E-state index contributed by atoms with van der Waals surface area (Å²) in [6, 6.07) is -0.101. The molecule has 0 rings (SSSR count). The first kappa shape index (κ1) is 13.7. The van der Waals surface area contributed by atoms with Crippen molar-refractivity contribution in [3.05, 3.63) is 0 Å². The van der Waals surface area contributed by atoms with Crippen LogP contribution in [0.3, 0.4) is 0 Å². The van der Waals surface area contributed by atoms with E-state index in [0.29, 0.717) is 0 Å². The van der Waals surface area contributed by atoms with Gasteiger partial charge in [-0.25, -0.2) is 4.79 Å². The highest BCUT2D eigenvalue weighted by Gasteiger charge is 2.08. The molecule has 0 aromatic rings. The number of carbonyl (C=O) groups is 2. The van der Waals surface area contributed by atoms with Gasteiger partial charge in [0.25, 0.3) is 0 Å². The third-order valence-electron chi connectivity index (χ3n) is 2.09. The molecule has 1 unspecified atom stereocenters. The lowest BCUT2D eigenvalue weighted by molar-refractivity contribution is -0.136. The van der Waals surface area contributed by atoms with Crippen molar-refractivity contribution in [1.82, 2.24) is 10.6 Å². The SMILES string of the molecule is CCCC(CC)NC(=O)NCCC(=O)O. The van der Waals surface area contributed by atoms with E-state index in [-0.39, 0.29) is 25.0 Å². The molecular weight excluding hydrogens is 196 g/mol. The normalized spacial score (nSPS) is 11.9. The Hall–Kier alpha value is -1.26. The molecule has 3 N–H and O–H groups in total. The molecule has 0 aliphatic heterocycles. The highest BCUT2D eigenvalue weighted by Crippen LogP contribution is 2.00. The fourth-order valence-corrected chi connectivity index (χ4v) is 1.25. The van der Waals surface area contributed by atoms with Gasteiger partial charge in [-0.1, -0.05) is 20.3 Å². The van der Waals surface area contributed by atoms with Gasteiger partial charge < -0.3 is 15.7 Å². The molecule has 2 amide bonds. The zero-order valence-electron chi connectivity index (χ0n) is 9.38. The molecule has 0 fully saturated rings. The molecule has 0 aliphatic carbocycles. The zero-order chi connectivity index (χ0) is 11.7. The second kappa shape index (κ2) is 8.08. The van der Waals surface area contributed by atoms with Crippen LogP contribution in [-0.4, -0.2) is 29.7 Å². The van der Waals surface area contributed by atoms with Gasteiger partial charge in [-0.15, -0.1) is 0 Å². The first-order valence-corrected chi connectivity index (χ1v) is 5.36. The van der Waals surface area contributed by atoms with Crippen LogP contribution in [0, 0.1) is 0 Å². The molecule has 0 spiro atoms. The van der Waals surface area contributed by atoms with E-state index in [0.717, 1.165) is 19.3 Å². The number of rotatable bonds is 7. The summed E-state index contributed by atoms with van der Waals surface area (Å²) in [5.74, 6) is -0.907. The second-order valence-electron chi connectivity index (χ2n) is 3.44. The molecule has 1 atom stereocenters. The minimum absolute atomic E-state index is 0.0437. The van der Waals surface area contributed by atoms with Gasteiger partial charge in [0.15, 0.2) is 0 Å². The summed E-state index contributed by atoms with van der Waals surface area (Å²) in [6.45, 7) is 4.24. The quantitative estimate of drug-likeness (QED) is 0.601. The van der Waals surface area contributed by atoms with Crippen LogP contribution >= 0.6 is 0 Å². The molecule has 0 saturated carbocycles.